The maximum absolute atomic E-state index is 8.50. The van der Waals surface area contributed by atoms with Gasteiger partial charge in [-0.15, -0.1) is 0 Å². The average Bonchev–Trinajstić information content (AvgIpc) is 2.82. The largest absolute Gasteiger partial charge is 0.356 e. The molecule has 92 valence electrons. The van der Waals surface area contributed by atoms with Crippen molar-refractivity contribution in [2.24, 2.45) is 4.99 Å². The van der Waals surface area contributed by atoms with Gasteiger partial charge in [0.2, 0.25) is 5.96 Å². The molecule has 0 amide bonds. The number of unbranched alkanes of at least 4 members (excludes halogenated alkanes) is 1. The molecule has 0 unspecified atom stereocenters. The summed E-state index contributed by atoms with van der Waals surface area (Å²) in [5.74, 6) is 0.552. The van der Waals surface area contributed by atoms with Crippen molar-refractivity contribution in [1.82, 2.24) is 20.6 Å². The quantitative estimate of drug-likeness (QED) is 0.223. The number of nitriles is 1. The normalized spacial score (nSPS) is 10.9. The molecule has 0 spiro atoms. The first-order valence-corrected chi connectivity index (χ1v) is 5.77. The van der Waals surface area contributed by atoms with Crippen LogP contribution in [0.25, 0.3) is 0 Å². The van der Waals surface area contributed by atoms with Crippen LogP contribution in [0, 0.1) is 11.5 Å². The van der Waals surface area contributed by atoms with Crippen molar-refractivity contribution in [3.63, 3.8) is 0 Å². The van der Waals surface area contributed by atoms with Gasteiger partial charge in [0.25, 0.3) is 0 Å². The molecule has 3 N–H and O–H groups in total. The van der Waals surface area contributed by atoms with Crippen molar-refractivity contribution in [1.29, 1.82) is 5.26 Å². The molecule has 17 heavy (non-hydrogen) atoms. The van der Waals surface area contributed by atoms with Crippen molar-refractivity contribution in [3.8, 4) is 6.19 Å². The Morgan fingerprint density at radius 1 is 1.59 bits per heavy atom. The molecule has 0 saturated heterocycles. The molecule has 6 nitrogen and oxygen atoms in total. The summed E-state index contributed by atoms with van der Waals surface area (Å²) in [4.78, 5) is 11.3. The van der Waals surface area contributed by atoms with Gasteiger partial charge in [0, 0.05) is 25.0 Å². The van der Waals surface area contributed by atoms with Gasteiger partial charge in [0.1, 0.15) is 0 Å². The number of imidazole rings is 1. The Hall–Kier alpha value is -2.03. The lowest BCUT2D eigenvalue weighted by atomic mass is 10.2. The summed E-state index contributed by atoms with van der Waals surface area (Å²) in [5, 5.41) is 14.0. The van der Waals surface area contributed by atoms with E-state index in [1.807, 2.05) is 19.3 Å². The van der Waals surface area contributed by atoms with Crippen molar-refractivity contribution in [3.05, 3.63) is 18.2 Å². The minimum Gasteiger partial charge on any atom is -0.356 e. The molecule has 0 aliphatic heterocycles. The lowest BCUT2D eigenvalue weighted by molar-refractivity contribution is 0.730. The van der Waals surface area contributed by atoms with E-state index in [0.717, 1.165) is 31.5 Å². The van der Waals surface area contributed by atoms with E-state index in [2.05, 4.69) is 25.6 Å². The van der Waals surface area contributed by atoms with E-state index >= 15 is 0 Å². The first-order chi connectivity index (χ1) is 8.36. The molecule has 0 fully saturated rings. The summed E-state index contributed by atoms with van der Waals surface area (Å²) < 4.78 is 0. The van der Waals surface area contributed by atoms with Crippen LogP contribution in [-0.4, -0.2) is 29.0 Å². The number of rotatable bonds is 6. The molecule has 0 aliphatic carbocycles. The first-order valence-electron chi connectivity index (χ1n) is 5.77. The lowest BCUT2D eigenvalue weighted by Gasteiger charge is -2.04. The fourth-order valence-corrected chi connectivity index (χ4v) is 1.40. The molecule has 1 aromatic heterocycles. The van der Waals surface area contributed by atoms with Gasteiger partial charge in [-0.25, -0.2) is 4.98 Å². The van der Waals surface area contributed by atoms with Crippen LogP contribution >= 0.6 is 0 Å². The third-order valence-electron chi connectivity index (χ3n) is 2.20. The number of nitrogens with zero attached hydrogens (tertiary/aromatic N) is 3. The predicted octanol–water partition coefficient (Wildman–Crippen LogP) is 0.769. The van der Waals surface area contributed by atoms with Crippen molar-refractivity contribution >= 4 is 5.96 Å². The predicted molar refractivity (Wildman–Crippen MR) is 66.3 cm³/mol. The number of guanidine groups is 1. The van der Waals surface area contributed by atoms with Crippen LogP contribution in [-0.2, 0) is 6.42 Å². The zero-order valence-electron chi connectivity index (χ0n) is 10.0. The van der Waals surface area contributed by atoms with Crippen LogP contribution in [0.5, 0.6) is 0 Å². The highest BCUT2D eigenvalue weighted by atomic mass is 15.2. The van der Waals surface area contributed by atoms with Gasteiger partial charge in [-0.05, 0) is 26.2 Å². The third kappa shape index (κ3) is 5.56. The molecule has 0 radical (unpaired) electrons. The zero-order chi connectivity index (χ0) is 12.3. The molecule has 0 atom stereocenters. The van der Waals surface area contributed by atoms with Gasteiger partial charge in [0.15, 0.2) is 6.19 Å². The fourth-order valence-electron chi connectivity index (χ4n) is 1.40. The van der Waals surface area contributed by atoms with Crippen LogP contribution in [0.1, 0.15) is 25.5 Å². The summed E-state index contributed by atoms with van der Waals surface area (Å²) in [7, 11) is 0. The second-order valence-corrected chi connectivity index (χ2v) is 3.53. The highest BCUT2D eigenvalue weighted by Gasteiger charge is 1.96. The van der Waals surface area contributed by atoms with Crippen molar-refractivity contribution < 1.29 is 0 Å². The van der Waals surface area contributed by atoms with E-state index in [4.69, 9.17) is 5.26 Å². The molecule has 0 aliphatic rings. The van der Waals surface area contributed by atoms with Gasteiger partial charge in [-0.2, -0.15) is 5.26 Å². The minimum atomic E-state index is 0.552. The van der Waals surface area contributed by atoms with E-state index in [1.54, 1.807) is 6.33 Å². The number of aryl methyl sites for hydroxylation is 1. The second kappa shape index (κ2) is 8.16. The zero-order valence-corrected chi connectivity index (χ0v) is 10.0. The number of aromatic nitrogens is 2. The van der Waals surface area contributed by atoms with Gasteiger partial charge < -0.3 is 10.3 Å². The smallest absolute Gasteiger partial charge is 0.204 e. The molecule has 1 aromatic rings. The van der Waals surface area contributed by atoms with Crippen molar-refractivity contribution in [2.75, 3.05) is 13.1 Å². The Balaban J connectivity index is 2.16. The summed E-state index contributed by atoms with van der Waals surface area (Å²) >= 11 is 0. The number of aliphatic imine (C=N–C) groups is 1. The van der Waals surface area contributed by atoms with Gasteiger partial charge in [-0.3, -0.25) is 10.3 Å². The average molecular weight is 234 g/mol. The van der Waals surface area contributed by atoms with Crippen molar-refractivity contribution in [2.45, 2.75) is 26.2 Å². The maximum atomic E-state index is 8.50. The highest BCUT2D eigenvalue weighted by Crippen LogP contribution is 2.00. The molecule has 0 aromatic carbocycles. The summed E-state index contributed by atoms with van der Waals surface area (Å²) in [6.45, 7) is 3.43. The Morgan fingerprint density at radius 2 is 2.47 bits per heavy atom. The Kier molecular flexibility index (Phi) is 6.26. The Labute approximate surface area is 101 Å². The molecule has 1 heterocycles. The molecular weight excluding hydrogens is 216 g/mol. The lowest BCUT2D eigenvalue weighted by Crippen LogP contribution is -2.34. The number of H-pyrrole nitrogens is 1. The van der Waals surface area contributed by atoms with Crippen LogP contribution in [0.3, 0.4) is 0 Å². The number of aromatic amines is 1. The van der Waals surface area contributed by atoms with Gasteiger partial charge in [-0.1, -0.05) is 0 Å². The van der Waals surface area contributed by atoms with E-state index in [1.165, 1.54) is 0 Å². The first kappa shape index (κ1) is 13.0. The molecular formula is C11H18N6. The standard InChI is InChI=1S/C11H18N6/c1-2-14-11(16-8-12)15-6-4-3-5-10-7-13-9-17-10/h7,9H,2-6H2,1H3,(H,13,17)(H2,14,15,16). The highest BCUT2D eigenvalue weighted by molar-refractivity contribution is 5.81. The monoisotopic (exact) mass is 234 g/mol. The summed E-state index contributed by atoms with van der Waals surface area (Å²) in [5.41, 5.74) is 1.15. The van der Waals surface area contributed by atoms with E-state index in [9.17, 15) is 0 Å². The number of hydrogen-bond acceptors (Lipinski definition) is 3. The summed E-state index contributed by atoms with van der Waals surface area (Å²) in [6.07, 6.45) is 8.41. The fraction of sp³-hybridized carbons (Fsp3) is 0.545. The second-order valence-electron chi connectivity index (χ2n) is 3.53. The van der Waals surface area contributed by atoms with E-state index < -0.39 is 0 Å². The van der Waals surface area contributed by atoms with Crippen LogP contribution < -0.4 is 10.6 Å². The van der Waals surface area contributed by atoms with Gasteiger partial charge in [0.05, 0.1) is 6.33 Å². The Bertz CT molecular complexity index is 362. The Morgan fingerprint density at radius 3 is 3.12 bits per heavy atom. The maximum Gasteiger partial charge on any atom is 0.204 e. The number of hydrogen-bond donors (Lipinski definition) is 3. The van der Waals surface area contributed by atoms with Crippen LogP contribution in [0.15, 0.2) is 17.5 Å². The van der Waals surface area contributed by atoms with Gasteiger partial charge >= 0.3 is 0 Å². The molecule has 6 heteroatoms. The van der Waals surface area contributed by atoms with E-state index in [0.29, 0.717) is 12.5 Å². The molecule has 0 bridgehead atoms. The third-order valence-corrected chi connectivity index (χ3v) is 2.20. The van der Waals surface area contributed by atoms with E-state index in [-0.39, 0.29) is 0 Å². The SMILES string of the molecule is CCNC(=NCCCCc1cnc[nH]1)NC#N. The van der Waals surface area contributed by atoms with Crippen LogP contribution in [0.4, 0.5) is 0 Å². The summed E-state index contributed by atoms with van der Waals surface area (Å²) in [6, 6.07) is 0. The minimum absolute atomic E-state index is 0.552. The topological polar surface area (TPSA) is 88.9 Å². The molecule has 0 saturated carbocycles. The molecule has 1 rings (SSSR count). The number of nitrogens with one attached hydrogen (secondary N) is 3. The van der Waals surface area contributed by atoms with Crippen LogP contribution in [0.2, 0.25) is 0 Å².